The van der Waals surface area contributed by atoms with Crippen molar-refractivity contribution in [3.05, 3.63) is 18.2 Å². The van der Waals surface area contributed by atoms with Crippen LogP contribution in [0.1, 0.15) is 19.2 Å². The molecule has 0 radical (unpaired) electrons. The van der Waals surface area contributed by atoms with Crippen molar-refractivity contribution < 1.29 is 8.42 Å². The highest BCUT2D eigenvalue weighted by molar-refractivity contribution is 7.90. The highest BCUT2D eigenvalue weighted by Gasteiger charge is 2.16. The summed E-state index contributed by atoms with van der Waals surface area (Å²) in [4.78, 5) is 7.09. The SMILES string of the molecule is CCCNC(Cc1ncc[nH]1)CS(C)(=O)=O. The lowest BCUT2D eigenvalue weighted by molar-refractivity contribution is 0.523. The Hall–Kier alpha value is -0.880. The van der Waals surface area contributed by atoms with Crippen LogP contribution in [0.15, 0.2) is 12.4 Å². The maximum absolute atomic E-state index is 11.3. The topological polar surface area (TPSA) is 74.8 Å². The summed E-state index contributed by atoms with van der Waals surface area (Å²) in [7, 11) is -2.96. The summed E-state index contributed by atoms with van der Waals surface area (Å²) >= 11 is 0. The number of aromatic nitrogens is 2. The standard InChI is InChI=1S/C10H19N3O2S/c1-3-4-11-9(8-16(2,14)15)7-10-12-5-6-13-10/h5-6,9,11H,3-4,7-8H2,1-2H3,(H,12,13). The molecule has 1 aromatic heterocycles. The van der Waals surface area contributed by atoms with Gasteiger partial charge < -0.3 is 10.3 Å². The molecule has 0 aliphatic heterocycles. The van der Waals surface area contributed by atoms with Crippen LogP contribution in [0.3, 0.4) is 0 Å². The number of nitrogens with zero attached hydrogens (tertiary/aromatic N) is 1. The van der Waals surface area contributed by atoms with E-state index in [-0.39, 0.29) is 11.8 Å². The summed E-state index contributed by atoms with van der Waals surface area (Å²) in [6.45, 7) is 2.87. The van der Waals surface area contributed by atoms with Crippen LogP contribution in [0, 0.1) is 0 Å². The van der Waals surface area contributed by atoms with Gasteiger partial charge in [0.1, 0.15) is 15.7 Å². The van der Waals surface area contributed by atoms with Crippen molar-refractivity contribution >= 4 is 9.84 Å². The van der Waals surface area contributed by atoms with Gasteiger partial charge in [-0.15, -0.1) is 0 Å². The summed E-state index contributed by atoms with van der Waals surface area (Å²) in [6, 6.07) is -0.0684. The zero-order valence-electron chi connectivity index (χ0n) is 9.73. The molecular formula is C10H19N3O2S. The third-order valence-electron chi connectivity index (χ3n) is 2.18. The molecule has 1 rings (SSSR count). The van der Waals surface area contributed by atoms with E-state index < -0.39 is 9.84 Å². The van der Waals surface area contributed by atoms with Gasteiger partial charge in [-0.2, -0.15) is 0 Å². The molecule has 1 unspecified atom stereocenters. The molecule has 0 saturated carbocycles. The molecule has 6 heteroatoms. The van der Waals surface area contributed by atoms with Crippen LogP contribution in [0.25, 0.3) is 0 Å². The van der Waals surface area contributed by atoms with Crippen LogP contribution in [-0.2, 0) is 16.3 Å². The maximum Gasteiger partial charge on any atom is 0.148 e. The normalized spacial score (nSPS) is 13.9. The monoisotopic (exact) mass is 245 g/mol. The van der Waals surface area contributed by atoms with Gasteiger partial charge in [0.15, 0.2) is 0 Å². The van der Waals surface area contributed by atoms with E-state index in [0.717, 1.165) is 18.8 Å². The highest BCUT2D eigenvalue weighted by Crippen LogP contribution is 2.00. The molecule has 2 N–H and O–H groups in total. The average molecular weight is 245 g/mol. The molecule has 0 saturated heterocycles. The molecule has 1 atom stereocenters. The number of hydrogen-bond donors (Lipinski definition) is 2. The van der Waals surface area contributed by atoms with E-state index in [1.165, 1.54) is 6.26 Å². The minimum absolute atomic E-state index is 0.0684. The summed E-state index contributed by atoms with van der Waals surface area (Å²) in [5.41, 5.74) is 0. The van der Waals surface area contributed by atoms with Crippen molar-refractivity contribution in [2.45, 2.75) is 25.8 Å². The van der Waals surface area contributed by atoms with E-state index in [4.69, 9.17) is 0 Å². The van der Waals surface area contributed by atoms with Gasteiger partial charge in [-0.05, 0) is 13.0 Å². The molecule has 0 amide bonds. The van der Waals surface area contributed by atoms with Crippen LogP contribution < -0.4 is 5.32 Å². The van der Waals surface area contributed by atoms with Gasteiger partial charge >= 0.3 is 0 Å². The van der Waals surface area contributed by atoms with Crippen LogP contribution in [-0.4, -0.2) is 43.0 Å². The first-order valence-corrected chi connectivity index (χ1v) is 7.46. The second-order valence-electron chi connectivity index (χ2n) is 3.98. The van der Waals surface area contributed by atoms with Crippen LogP contribution in [0.2, 0.25) is 0 Å². The molecule has 92 valence electrons. The lowest BCUT2D eigenvalue weighted by Gasteiger charge is -2.16. The first-order valence-electron chi connectivity index (χ1n) is 5.40. The predicted molar refractivity (Wildman–Crippen MR) is 64.1 cm³/mol. The number of hydrogen-bond acceptors (Lipinski definition) is 4. The van der Waals surface area contributed by atoms with Crippen molar-refractivity contribution in [1.29, 1.82) is 0 Å². The highest BCUT2D eigenvalue weighted by atomic mass is 32.2. The first-order chi connectivity index (χ1) is 7.51. The van der Waals surface area contributed by atoms with Gasteiger partial charge in [0.05, 0.1) is 5.75 Å². The molecule has 0 fully saturated rings. The van der Waals surface area contributed by atoms with Crippen LogP contribution >= 0.6 is 0 Å². The molecule has 5 nitrogen and oxygen atoms in total. The quantitative estimate of drug-likeness (QED) is 0.727. The fraction of sp³-hybridized carbons (Fsp3) is 0.700. The lowest BCUT2D eigenvalue weighted by atomic mass is 10.2. The number of imidazole rings is 1. The van der Waals surface area contributed by atoms with Gasteiger partial charge in [0.25, 0.3) is 0 Å². The number of aromatic amines is 1. The van der Waals surface area contributed by atoms with E-state index in [2.05, 4.69) is 22.2 Å². The Labute approximate surface area is 96.6 Å². The minimum atomic E-state index is -2.96. The van der Waals surface area contributed by atoms with Gasteiger partial charge in [-0.25, -0.2) is 13.4 Å². The summed E-state index contributed by atoms with van der Waals surface area (Å²) in [6.07, 6.45) is 6.27. The summed E-state index contributed by atoms with van der Waals surface area (Å²) in [5, 5.41) is 3.23. The number of nitrogens with one attached hydrogen (secondary N) is 2. The van der Waals surface area contributed by atoms with Crippen molar-refractivity contribution in [2.24, 2.45) is 0 Å². The Morgan fingerprint density at radius 3 is 2.81 bits per heavy atom. The molecule has 0 aliphatic carbocycles. The second kappa shape index (κ2) is 6.00. The molecule has 1 aromatic rings. The number of H-pyrrole nitrogens is 1. The zero-order valence-corrected chi connectivity index (χ0v) is 10.5. The summed E-state index contributed by atoms with van der Waals surface area (Å²) in [5.74, 6) is 0.963. The second-order valence-corrected chi connectivity index (χ2v) is 6.17. The average Bonchev–Trinajstić information content (AvgIpc) is 2.64. The Balaban J connectivity index is 2.56. The molecule has 16 heavy (non-hydrogen) atoms. The number of sulfone groups is 1. The largest absolute Gasteiger partial charge is 0.349 e. The third kappa shape index (κ3) is 5.27. The van der Waals surface area contributed by atoms with Gasteiger partial charge in [-0.1, -0.05) is 6.92 Å². The van der Waals surface area contributed by atoms with Crippen LogP contribution in [0.4, 0.5) is 0 Å². The molecular weight excluding hydrogens is 226 g/mol. The Bertz CT molecular complexity index is 386. The number of rotatable bonds is 7. The fourth-order valence-corrected chi connectivity index (χ4v) is 2.51. The van der Waals surface area contributed by atoms with Crippen LogP contribution in [0.5, 0.6) is 0 Å². The van der Waals surface area contributed by atoms with E-state index in [1.807, 2.05) is 0 Å². The Morgan fingerprint density at radius 1 is 1.56 bits per heavy atom. The van der Waals surface area contributed by atoms with Crippen molar-refractivity contribution in [2.75, 3.05) is 18.6 Å². The molecule has 0 aromatic carbocycles. The zero-order chi connectivity index (χ0) is 12.0. The van der Waals surface area contributed by atoms with Crippen molar-refractivity contribution in [1.82, 2.24) is 15.3 Å². The maximum atomic E-state index is 11.3. The molecule has 0 spiro atoms. The third-order valence-corrected chi connectivity index (χ3v) is 3.19. The Kier molecular flexibility index (Phi) is 4.95. The molecule has 1 heterocycles. The van der Waals surface area contributed by atoms with Gasteiger partial charge in [0, 0.05) is 31.1 Å². The first kappa shape index (κ1) is 13.2. The van der Waals surface area contributed by atoms with Crippen molar-refractivity contribution in [3.63, 3.8) is 0 Å². The van der Waals surface area contributed by atoms with Gasteiger partial charge in [-0.3, -0.25) is 0 Å². The van der Waals surface area contributed by atoms with Crippen molar-refractivity contribution in [3.8, 4) is 0 Å². The van der Waals surface area contributed by atoms with Gasteiger partial charge in [0.2, 0.25) is 0 Å². The predicted octanol–water partition coefficient (Wildman–Crippen LogP) is 0.365. The smallest absolute Gasteiger partial charge is 0.148 e. The molecule has 0 aliphatic rings. The van der Waals surface area contributed by atoms with E-state index in [0.29, 0.717) is 6.42 Å². The fourth-order valence-electron chi connectivity index (χ4n) is 1.55. The van der Waals surface area contributed by atoms with E-state index >= 15 is 0 Å². The van der Waals surface area contributed by atoms with E-state index in [1.54, 1.807) is 12.4 Å². The summed E-state index contributed by atoms with van der Waals surface area (Å²) < 4.78 is 22.5. The lowest BCUT2D eigenvalue weighted by Crippen LogP contribution is -2.38. The molecule has 0 bridgehead atoms. The Morgan fingerprint density at radius 2 is 2.31 bits per heavy atom. The van der Waals surface area contributed by atoms with E-state index in [9.17, 15) is 8.42 Å². The minimum Gasteiger partial charge on any atom is -0.349 e.